The maximum Gasteiger partial charge on any atom is 0.344 e. The summed E-state index contributed by atoms with van der Waals surface area (Å²) in [6.45, 7) is -0.134. The third-order valence-electron chi connectivity index (χ3n) is 3.09. The topological polar surface area (TPSA) is 150 Å². The van der Waals surface area contributed by atoms with E-state index in [4.69, 9.17) is 4.42 Å². The van der Waals surface area contributed by atoms with Gasteiger partial charge in [0.15, 0.2) is 0 Å². The molecule has 0 saturated carbocycles. The molecule has 3 amide bonds. The van der Waals surface area contributed by atoms with Crippen LogP contribution in [0.5, 0.6) is 0 Å². The van der Waals surface area contributed by atoms with Gasteiger partial charge in [-0.15, -0.1) is 0 Å². The minimum absolute atomic E-state index is 0. The molecule has 1 aliphatic rings. The van der Waals surface area contributed by atoms with Crippen molar-refractivity contribution >= 4 is 53.4 Å². The molecule has 0 spiro atoms. The number of urea groups is 1. The van der Waals surface area contributed by atoms with Crippen LogP contribution in [0.2, 0.25) is 0 Å². The molecule has 11 heteroatoms. The van der Waals surface area contributed by atoms with Crippen LogP contribution in [-0.2, 0) is 4.79 Å². The molecule has 2 heterocycles. The second-order valence-electron chi connectivity index (χ2n) is 4.66. The summed E-state index contributed by atoms with van der Waals surface area (Å²) in [6, 6.07) is 8.63. The van der Waals surface area contributed by atoms with Crippen LogP contribution >= 0.6 is 0 Å². The first-order chi connectivity index (χ1) is 11.0. The summed E-state index contributed by atoms with van der Waals surface area (Å²) in [5.74, 6) is 0.465. The SMILES string of the molecule is O.O=C1CN(N=Cc2ccc(-c3ccc([N+](=O)[O-])cc3)o2)C(=O)N1.[Na]. The fraction of sp³-hybridized carbons (Fsp3) is 0.0714. The van der Waals surface area contributed by atoms with Gasteiger partial charge >= 0.3 is 6.03 Å². The third-order valence-corrected chi connectivity index (χ3v) is 3.09. The van der Waals surface area contributed by atoms with E-state index in [1.165, 1.54) is 18.3 Å². The Morgan fingerprint density at radius 3 is 2.44 bits per heavy atom. The molecule has 10 nitrogen and oxygen atoms in total. The fourth-order valence-electron chi connectivity index (χ4n) is 1.98. The van der Waals surface area contributed by atoms with E-state index in [1.807, 2.05) is 0 Å². The second kappa shape index (κ2) is 8.53. The Morgan fingerprint density at radius 2 is 1.88 bits per heavy atom. The van der Waals surface area contributed by atoms with Crippen LogP contribution in [0.4, 0.5) is 10.5 Å². The van der Waals surface area contributed by atoms with Crippen molar-refractivity contribution in [3.05, 3.63) is 52.3 Å². The average Bonchev–Trinajstić information content (AvgIpc) is 3.11. The summed E-state index contributed by atoms with van der Waals surface area (Å²) < 4.78 is 5.53. The number of nitro groups is 1. The van der Waals surface area contributed by atoms with Gasteiger partial charge in [-0.1, -0.05) is 0 Å². The van der Waals surface area contributed by atoms with E-state index in [-0.39, 0.29) is 47.3 Å². The number of non-ortho nitro benzene ring substituents is 1. The summed E-state index contributed by atoms with van der Waals surface area (Å²) in [5, 5.41) is 17.6. The van der Waals surface area contributed by atoms with Crippen molar-refractivity contribution in [1.29, 1.82) is 0 Å². The van der Waals surface area contributed by atoms with Gasteiger partial charge in [0.2, 0.25) is 5.91 Å². The number of amides is 3. The van der Waals surface area contributed by atoms with Crippen molar-refractivity contribution < 1.29 is 24.4 Å². The minimum Gasteiger partial charge on any atom is -0.455 e. The smallest absolute Gasteiger partial charge is 0.344 e. The zero-order valence-corrected chi connectivity index (χ0v) is 15.1. The molecule has 1 aromatic carbocycles. The van der Waals surface area contributed by atoms with Crippen LogP contribution in [0.1, 0.15) is 5.76 Å². The summed E-state index contributed by atoms with van der Waals surface area (Å²) in [4.78, 5) is 32.5. The number of benzene rings is 1. The first-order valence-corrected chi connectivity index (χ1v) is 6.53. The van der Waals surface area contributed by atoms with Crippen molar-refractivity contribution in [2.45, 2.75) is 0 Å². The summed E-state index contributed by atoms with van der Waals surface area (Å²) >= 11 is 0. The molecular weight excluding hydrogens is 343 g/mol. The minimum atomic E-state index is -0.589. The van der Waals surface area contributed by atoms with Crippen molar-refractivity contribution in [2.75, 3.05) is 6.54 Å². The first-order valence-electron chi connectivity index (χ1n) is 6.53. The standard InChI is InChI=1S/C14H10N4O5.Na.H2O/c19-13-8-17(14(20)16-13)15-7-11-5-6-12(23-11)9-1-3-10(4-2-9)18(21)22;;/h1-7H,8H2,(H,16,19,20);;1H2. The van der Waals surface area contributed by atoms with Gasteiger partial charge in [-0.2, -0.15) is 5.10 Å². The average molecular weight is 355 g/mol. The van der Waals surface area contributed by atoms with E-state index < -0.39 is 16.9 Å². The van der Waals surface area contributed by atoms with E-state index in [1.54, 1.807) is 24.3 Å². The first kappa shape index (κ1) is 20.5. The largest absolute Gasteiger partial charge is 0.455 e. The molecule has 1 radical (unpaired) electrons. The summed E-state index contributed by atoms with van der Waals surface area (Å²) in [7, 11) is 0. The van der Waals surface area contributed by atoms with E-state index in [9.17, 15) is 19.7 Å². The Hall–Kier alpha value is -2.53. The number of carbonyl (C=O) groups excluding carboxylic acids is 2. The molecule has 125 valence electrons. The molecule has 25 heavy (non-hydrogen) atoms. The number of nitrogens with one attached hydrogen (secondary N) is 1. The van der Waals surface area contributed by atoms with Gasteiger partial charge in [-0.3, -0.25) is 20.2 Å². The number of hydrogen-bond acceptors (Lipinski definition) is 6. The van der Waals surface area contributed by atoms with Crippen LogP contribution in [-0.4, -0.2) is 69.7 Å². The number of hydrogen-bond donors (Lipinski definition) is 1. The molecule has 1 saturated heterocycles. The molecule has 3 N–H and O–H groups in total. The second-order valence-corrected chi connectivity index (χ2v) is 4.66. The van der Waals surface area contributed by atoms with E-state index in [0.29, 0.717) is 17.1 Å². The fourth-order valence-corrected chi connectivity index (χ4v) is 1.98. The van der Waals surface area contributed by atoms with Gasteiger partial charge in [-0.25, -0.2) is 9.80 Å². The van der Waals surface area contributed by atoms with Crippen molar-refractivity contribution in [1.82, 2.24) is 10.3 Å². The van der Waals surface area contributed by atoms with E-state index in [2.05, 4.69) is 10.4 Å². The molecule has 0 bridgehead atoms. The Bertz CT molecular complexity index is 817. The normalized spacial score (nSPS) is 13.4. The number of imide groups is 1. The number of hydrazone groups is 1. The van der Waals surface area contributed by atoms with Gasteiger partial charge < -0.3 is 9.89 Å². The molecule has 3 rings (SSSR count). The molecule has 0 atom stereocenters. The molecule has 0 aliphatic carbocycles. The van der Waals surface area contributed by atoms with Crippen LogP contribution in [0.25, 0.3) is 11.3 Å². The molecule has 2 aromatic rings. The number of furan rings is 1. The van der Waals surface area contributed by atoms with Crippen molar-refractivity contribution in [3.63, 3.8) is 0 Å². The Balaban J connectivity index is 0.00000156. The Morgan fingerprint density at radius 1 is 1.20 bits per heavy atom. The molecule has 1 fully saturated rings. The van der Waals surface area contributed by atoms with Gasteiger partial charge in [0.05, 0.1) is 11.1 Å². The van der Waals surface area contributed by atoms with E-state index >= 15 is 0 Å². The van der Waals surface area contributed by atoms with Gasteiger partial charge in [0.25, 0.3) is 5.69 Å². The number of nitrogens with zero attached hydrogens (tertiary/aromatic N) is 3. The zero-order valence-electron chi connectivity index (χ0n) is 13.1. The maximum atomic E-state index is 11.3. The van der Waals surface area contributed by atoms with Gasteiger partial charge in [-0.05, 0) is 24.3 Å². The van der Waals surface area contributed by atoms with Gasteiger partial charge in [0.1, 0.15) is 18.1 Å². The number of carbonyl (C=O) groups is 2. The van der Waals surface area contributed by atoms with Crippen LogP contribution in [0.15, 0.2) is 45.9 Å². The maximum absolute atomic E-state index is 11.3. The quantitative estimate of drug-likeness (QED) is 0.279. The monoisotopic (exact) mass is 355 g/mol. The van der Waals surface area contributed by atoms with Crippen LogP contribution in [0.3, 0.4) is 0 Å². The molecule has 0 unspecified atom stereocenters. The Labute approximate surface area is 163 Å². The molecule has 1 aliphatic heterocycles. The molecule has 1 aromatic heterocycles. The number of nitro benzene ring substituents is 1. The number of rotatable bonds is 4. The van der Waals surface area contributed by atoms with Crippen LogP contribution < -0.4 is 5.32 Å². The van der Waals surface area contributed by atoms with Crippen molar-refractivity contribution in [2.24, 2.45) is 5.10 Å². The van der Waals surface area contributed by atoms with E-state index in [0.717, 1.165) is 5.01 Å². The predicted octanol–water partition coefficient (Wildman–Crippen LogP) is 0.535. The third kappa shape index (κ3) is 4.73. The molecular formula is C14H12N4NaO6. The zero-order chi connectivity index (χ0) is 16.4. The van der Waals surface area contributed by atoms with Crippen molar-refractivity contribution in [3.8, 4) is 11.3 Å². The van der Waals surface area contributed by atoms with Gasteiger partial charge in [0, 0.05) is 47.3 Å². The Kier molecular flexibility index (Phi) is 7.00. The van der Waals surface area contributed by atoms with Crippen LogP contribution in [0, 0.1) is 10.1 Å². The summed E-state index contributed by atoms with van der Waals surface area (Å²) in [5.41, 5.74) is 0.663. The summed E-state index contributed by atoms with van der Waals surface area (Å²) in [6.07, 6.45) is 1.31. The predicted molar refractivity (Wildman–Crippen MR) is 88.0 cm³/mol.